The van der Waals surface area contributed by atoms with Crippen molar-refractivity contribution in [3.05, 3.63) is 0 Å². The summed E-state index contributed by atoms with van der Waals surface area (Å²) < 4.78 is 0. The number of hydrogen-bond donors (Lipinski definition) is 2. The number of hydrogen-bond acceptors (Lipinski definition) is 3. The lowest BCUT2D eigenvalue weighted by Crippen LogP contribution is -2.51. The van der Waals surface area contributed by atoms with Crippen LogP contribution >= 0.6 is 0 Å². The largest absolute Gasteiger partial charge is 0.394 e. The first-order valence-electron chi connectivity index (χ1n) is 8.17. The second kappa shape index (κ2) is 6.55. The monoisotopic (exact) mass is 268 g/mol. The quantitative estimate of drug-likeness (QED) is 0.822. The van der Waals surface area contributed by atoms with Gasteiger partial charge >= 0.3 is 0 Å². The lowest BCUT2D eigenvalue weighted by atomic mass is 9.97. The first-order chi connectivity index (χ1) is 9.04. The van der Waals surface area contributed by atoms with E-state index in [4.69, 9.17) is 0 Å². The van der Waals surface area contributed by atoms with Crippen LogP contribution < -0.4 is 5.32 Å². The molecule has 2 N–H and O–H groups in total. The third-order valence-electron chi connectivity index (χ3n) is 5.05. The molecule has 3 atom stereocenters. The van der Waals surface area contributed by atoms with Gasteiger partial charge in [0.1, 0.15) is 0 Å². The predicted molar refractivity (Wildman–Crippen MR) is 80.3 cm³/mol. The van der Waals surface area contributed by atoms with Gasteiger partial charge in [0, 0.05) is 17.6 Å². The van der Waals surface area contributed by atoms with Crippen LogP contribution in [0, 0.1) is 5.92 Å². The number of aliphatic hydroxyl groups excluding tert-OH is 1. The maximum atomic E-state index is 9.80. The molecule has 0 aromatic carbocycles. The topological polar surface area (TPSA) is 35.5 Å². The first kappa shape index (κ1) is 15.3. The molecular weight excluding hydrogens is 236 g/mol. The fraction of sp³-hybridized carbons (Fsp3) is 1.00. The maximum Gasteiger partial charge on any atom is 0.0614 e. The third-order valence-corrected chi connectivity index (χ3v) is 5.05. The van der Waals surface area contributed by atoms with Crippen LogP contribution in [-0.4, -0.2) is 47.3 Å². The standard InChI is InChI=1S/C16H32N2O/c1-13(2)17-16(12-19)8-6-15(11-16)18-9-4-5-14(3)7-10-18/h13-15,17,19H,4-12H2,1-3H3. The molecule has 3 unspecified atom stereocenters. The molecule has 19 heavy (non-hydrogen) atoms. The van der Waals surface area contributed by atoms with E-state index in [1.165, 1.54) is 38.8 Å². The van der Waals surface area contributed by atoms with Gasteiger partial charge in [0.15, 0.2) is 0 Å². The van der Waals surface area contributed by atoms with E-state index in [1.807, 2.05) is 0 Å². The lowest BCUT2D eigenvalue weighted by Gasteiger charge is -2.33. The van der Waals surface area contributed by atoms with Crippen LogP contribution in [0.5, 0.6) is 0 Å². The zero-order valence-electron chi connectivity index (χ0n) is 13.0. The first-order valence-corrected chi connectivity index (χ1v) is 8.17. The van der Waals surface area contributed by atoms with Gasteiger partial charge in [-0.05, 0) is 57.5 Å². The van der Waals surface area contributed by atoms with Crippen molar-refractivity contribution >= 4 is 0 Å². The summed E-state index contributed by atoms with van der Waals surface area (Å²) in [4.78, 5) is 2.70. The predicted octanol–water partition coefficient (Wildman–Crippen LogP) is 2.39. The molecule has 0 amide bonds. The summed E-state index contributed by atoms with van der Waals surface area (Å²) in [6.45, 7) is 9.55. The Bertz CT molecular complexity index is 282. The molecule has 1 aliphatic heterocycles. The van der Waals surface area contributed by atoms with Crippen molar-refractivity contribution in [2.75, 3.05) is 19.7 Å². The zero-order chi connectivity index (χ0) is 13.9. The Morgan fingerprint density at radius 3 is 2.74 bits per heavy atom. The van der Waals surface area contributed by atoms with Crippen LogP contribution in [0.1, 0.15) is 59.3 Å². The van der Waals surface area contributed by atoms with Crippen LogP contribution in [0.2, 0.25) is 0 Å². The Morgan fingerprint density at radius 2 is 2.05 bits per heavy atom. The highest BCUT2D eigenvalue weighted by Gasteiger charge is 2.41. The smallest absolute Gasteiger partial charge is 0.0614 e. The van der Waals surface area contributed by atoms with E-state index < -0.39 is 0 Å². The molecule has 1 aliphatic carbocycles. The van der Waals surface area contributed by atoms with Gasteiger partial charge in [0.05, 0.1) is 6.61 Å². The molecule has 0 radical (unpaired) electrons. The Balaban J connectivity index is 1.92. The molecule has 0 bridgehead atoms. The number of nitrogens with one attached hydrogen (secondary N) is 1. The van der Waals surface area contributed by atoms with Gasteiger partial charge in [-0.2, -0.15) is 0 Å². The van der Waals surface area contributed by atoms with E-state index in [0.717, 1.165) is 18.8 Å². The van der Waals surface area contributed by atoms with E-state index in [-0.39, 0.29) is 12.1 Å². The van der Waals surface area contributed by atoms with E-state index in [2.05, 4.69) is 31.0 Å². The maximum absolute atomic E-state index is 9.80. The summed E-state index contributed by atoms with van der Waals surface area (Å²) >= 11 is 0. The lowest BCUT2D eigenvalue weighted by molar-refractivity contribution is 0.136. The summed E-state index contributed by atoms with van der Waals surface area (Å²) in [6, 6.07) is 1.14. The van der Waals surface area contributed by atoms with Crippen LogP contribution in [0.15, 0.2) is 0 Å². The minimum Gasteiger partial charge on any atom is -0.394 e. The second-order valence-electron chi connectivity index (χ2n) is 7.21. The molecule has 0 aromatic rings. The van der Waals surface area contributed by atoms with Crippen LogP contribution in [-0.2, 0) is 0 Å². The second-order valence-corrected chi connectivity index (χ2v) is 7.21. The highest BCUT2D eigenvalue weighted by molar-refractivity contribution is 5.00. The molecule has 0 aromatic heterocycles. The van der Waals surface area contributed by atoms with Crippen molar-refractivity contribution in [2.45, 2.75) is 76.9 Å². The van der Waals surface area contributed by atoms with Crippen LogP contribution in [0.3, 0.4) is 0 Å². The molecular formula is C16H32N2O. The van der Waals surface area contributed by atoms with Crippen molar-refractivity contribution < 1.29 is 5.11 Å². The molecule has 2 aliphatic rings. The fourth-order valence-electron chi connectivity index (χ4n) is 3.99. The van der Waals surface area contributed by atoms with E-state index in [1.54, 1.807) is 0 Å². The number of aliphatic hydroxyl groups is 1. The van der Waals surface area contributed by atoms with Crippen molar-refractivity contribution in [3.63, 3.8) is 0 Å². The van der Waals surface area contributed by atoms with Crippen LogP contribution in [0.25, 0.3) is 0 Å². The van der Waals surface area contributed by atoms with Gasteiger partial charge in [0.2, 0.25) is 0 Å². The molecule has 3 heteroatoms. The fourth-order valence-corrected chi connectivity index (χ4v) is 3.99. The average Bonchev–Trinajstić information content (AvgIpc) is 2.65. The molecule has 0 spiro atoms. The molecule has 2 rings (SSSR count). The van der Waals surface area contributed by atoms with E-state index >= 15 is 0 Å². The normalized spacial score (nSPS) is 37.7. The van der Waals surface area contributed by atoms with E-state index in [0.29, 0.717) is 12.1 Å². The van der Waals surface area contributed by atoms with Crippen molar-refractivity contribution in [2.24, 2.45) is 5.92 Å². The van der Waals surface area contributed by atoms with Crippen molar-refractivity contribution in [1.29, 1.82) is 0 Å². The highest BCUT2D eigenvalue weighted by atomic mass is 16.3. The molecule has 1 heterocycles. The van der Waals surface area contributed by atoms with Gasteiger partial charge in [-0.1, -0.05) is 20.8 Å². The van der Waals surface area contributed by atoms with Crippen molar-refractivity contribution in [3.8, 4) is 0 Å². The number of likely N-dealkylation sites (tertiary alicyclic amines) is 1. The van der Waals surface area contributed by atoms with Gasteiger partial charge in [-0.3, -0.25) is 0 Å². The minimum atomic E-state index is -0.0171. The van der Waals surface area contributed by atoms with Crippen LogP contribution in [0.4, 0.5) is 0 Å². The molecule has 1 saturated heterocycles. The zero-order valence-corrected chi connectivity index (χ0v) is 13.0. The Morgan fingerprint density at radius 1 is 1.26 bits per heavy atom. The summed E-state index contributed by atoms with van der Waals surface area (Å²) in [5, 5.41) is 13.4. The van der Waals surface area contributed by atoms with E-state index in [9.17, 15) is 5.11 Å². The number of nitrogens with zero attached hydrogens (tertiary/aromatic N) is 1. The highest BCUT2D eigenvalue weighted by Crippen LogP contribution is 2.34. The minimum absolute atomic E-state index is 0.0171. The summed E-state index contributed by atoms with van der Waals surface area (Å²) in [6.07, 6.45) is 7.57. The molecule has 3 nitrogen and oxygen atoms in total. The molecule has 112 valence electrons. The van der Waals surface area contributed by atoms with Gasteiger partial charge in [0.25, 0.3) is 0 Å². The average molecular weight is 268 g/mol. The Kier molecular flexibility index (Phi) is 5.27. The molecule has 1 saturated carbocycles. The van der Waals surface area contributed by atoms with Crippen molar-refractivity contribution in [1.82, 2.24) is 10.2 Å². The van der Waals surface area contributed by atoms with Gasteiger partial charge in [-0.15, -0.1) is 0 Å². The summed E-state index contributed by atoms with van der Waals surface area (Å²) in [5.74, 6) is 0.891. The summed E-state index contributed by atoms with van der Waals surface area (Å²) in [5.41, 5.74) is -0.0171. The summed E-state index contributed by atoms with van der Waals surface area (Å²) in [7, 11) is 0. The van der Waals surface area contributed by atoms with Gasteiger partial charge in [-0.25, -0.2) is 0 Å². The number of rotatable bonds is 4. The van der Waals surface area contributed by atoms with Gasteiger partial charge < -0.3 is 15.3 Å². The Hall–Kier alpha value is -0.120. The molecule has 2 fully saturated rings. The third kappa shape index (κ3) is 3.93. The SMILES string of the molecule is CC1CCCN(C2CCC(CO)(NC(C)C)C2)CC1. The Labute approximate surface area is 118 Å².